The molecule has 0 aromatic heterocycles. The standard InChI is InChI=1S/C25H28N2O4/c1-25(18-8-3-2-4-9-18)14-23(28)27(24(25)29)19-10-7-13-26(15-19)16-20-17-30-21-11-5-6-12-22(21)31-20/h2-6,8-9,11-12,19-20H,7,10,13-17H2,1H3/t19-,20-,25-/m0/s1. The summed E-state index contributed by atoms with van der Waals surface area (Å²) in [4.78, 5) is 30.2. The fraction of sp³-hybridized carbons (Fsp3) is 0.440. The molecule has 3 aliphatic heterocycles. The molecule has 3 aliphatic rings. The Balaban J connectivity index is 1.26. The minimum absolute atomic E-state index is 0.0608. The van der Waals surface area contributed by atoms with E-state index in [2.05, 4.69) is 4.90 Å². The van der Waals surface area contributed by atoms with Gasteiger partial charge in [0.25, 0.3) is 0 Å². The molecule has 5 rings (SSSR count). The van der Waals surface area contributed by atoms with Gasteiger partial charge in [0, 0.05) is 19.5 Å². The van der Waals surface area contributed by atoms with E-state index in [4.69, 9.17) is 9.47 Å². The third-order valence-electron chi connectivity index (χ3n) is 6.75. The first-order valence-corrected chi connectivity index (χ1v) is 11.1. The second kappa shape index (κ2) is 8.00. The van der Waals surface area contributed by atoms with Crippen molar-refractivity contribution in [2.24, 2.45) is 0 Å². The van der Waals surface area contributed by atoms with Crippen LogP contribution in [-0.2, 0) is 15.0 Å². The fourth-order valence-corrected chi connectivity index (χ4v) is 5.09. The van der Waals surface area contributed by atoms with Crippen molar-refractivity contribution in [3.8, 4) is 11.5 Å². The van der Waals surface area contributed by atoms with Crippen LogP contribution in [0.4, 0.5) is 0 Å². The highest BCUT2D eigenvalue weighted by molar-refractivity contribution is 6.09. The van der Waals surface area contributed by atoms with Crippen LogP contribution in [0.5, 0.6) is 11.5 Å². The topological polar surface area (TPSA) is 59.1 Å². The van der Waals surface area contributed by atoms with E-state index in [9.17, 15) is 9.59 Å². The van der Waals surface area contributed by atoms with Gasteiger partial charge in [-0.15, -0.1) is 0 Å². The number of fused-ring (bicyclic) bond motifs is 1. The van der Waals surface area contributed by atoms with E-state index in [1.165, 1.54) is 0 Å². The highest BCUT2D eigenvalue weighted by atomic mass is 16.6. The van der Waals surface area contributed by atoms with Gasteiger partial charge in [-0.1, -0.05) is 42.5 Å². The molecular formula is C25H28N2O4. The van der Waals surface area contributed by atoms with Gasteiger partial charge in [0.1, 0.15) is 12.7 Å². The molecule has 0 spiro atoms. The van der Waals surface area contributed by atoms with Crippen LogP contribution in [0.3, 0.4) is 0 Å². The summed E-state index contributed by atoms with van der Waals surface area (Å²) in [6, 6.07) is 17.3. The van der Waals surface area contributed by atoms with Crippen molar-refractivity contribution in [1.29, 1.82) is 0 Å². The predicted octanol–water partition coefficient (Wildman–Crippen LogP) is 3.01. The fourth-order valence-electron chi connectivity index (χ4n) is 5.09. The lowest BCUT2D eigenvalue weighted by Gasteiger charge is -2.39. The lowest BCUT2D eigenvalue weighted by molar-refractivity contribution is -0.143. The summed E-state index contributed by atoms with van der Waals surface area (Å²) in [7, 11) is 0. The Hall–Kier alpha value is -2.86. The van der Waals surface area contributed by atoms with Gasteiger partial charge >= 0.3 is 0 Å². The van der Waals surface area contributed by atoms with Gasteiger partial charge in [-0.3, -0.25) is 19.4 Å². The van der Waals surface area contributed by atoms with E-state index < -0.39 is 5.41 Å². The van der Waals surface area contributed by atoms with Crippen molar-refractivity contribution < 1.29 is 19.1 Å². The Morgan fingerprint density at radius 3 is 2.58 bits per heavy atom. The summed E-state index contributed by atoms with van der Waals surface area (Å²) in [6.45, 7) is 4.74. The second-order valence-corrected chi connectivity index (χ2v) is 9.00. The van der Waals surface area contributed by atoms with E-state index in [1.807, 2.05) is 61.5 Å². The Bertz CT molecular complexity index is 978. The summed E-state index contributed by atoms with van der Waals surface area (Å²) in [5, 5.41) is 0. The maximum Gasteiger partial charge on any atom is 0.240 e. The van der Waals surface area contributed by atoms with Crippen LogP contribution >= 0.6 is 0 Å². The Morgan fingerprint density at radius 2 is 1.77 bits per heavy atom. The minimum Gasteiger partial charge on any atom is -0.486 e. The molecule has 6 heteroatoms. The Morgan fingerprint density at radius 1 is 1.03 bits per heavy atom. The first kappa shape index (κ1) is 20.1. The van der Waals surface area contributed by atoms with Crippen LogP contribution in [0.2, 0.25) is 0 Å². The molecule has 0 saturated carbocycles. The molecule has 3 atom stereocenters. The number of para-hydroxylation sites is 2. The second-order valence-electron chi connectivity index (χ2n) is 9.00. The molecule has 0 radical (unpaired) electrons. The SMILES string of the molecule is C[C@@]1(c2ccccc2)CC(=O)N([C@H]2CCCN(C[C@H]3COc4ccccc4O3)C2)C1=O. The molecule has 0 bridgehead atoms. The van der Waals surface area contributed by atoms with Gasteiger partial charge in [0.15, 0.2) is 11.5 Å². The van der Waals surface area contributed by atoms with Crippen LogP contribution < -0.4 is 9.47 Å². The molecular weight excluding hydrogens is 392 g/mol. The first-order chi connectivity index (χ1) is 15.0. The smallest absolute Gasteiger partial charge is 0.240 e. The number of rotatable bonds is 4. The molecule has 0 N–H and O–H groups in total. The maximum atomic E-state index is 13.4. The molecule has 2 saturated heterocycles. The van der Waals surface area contributed by atoms with Gasteiger partial charge < -0.3 is 9.47 Å². The van der Waals surface area contributed by atoms with Crippen molar-refractivity contribution in [3.63, 3.8) is 0 Å². The van der Waals surface area contributed by atoms with Crippen LogP contribution in [-0.4, -0.2) is 60.0 Å². The van der Waals surface area contributed by atoms with E-state index in [0.29, 0.717) is 13.2 Å². The number of nitrogens with zero attached hydrogens (tertiary/aromatic N) is 2. The summed E-state index contributed by atoms with van der Waals surface area (Å²) in [5.41, 5.74) is 0.139. The van der Waals surface area contributed by atoms with Gasteiger partial charge in [0.2, 0.25) is 11.8 Å². The highest BCUT2D eigenvalue weighted by Crippen LogP contribution is 2.38. The van der Waals surface area contributed by atoms with Crippen LogP contribution in [0.15, 0.2) is 54.6 Å². The number of carbonyl (C=O) groups is 2. The third kappa shape index (κ3) is 3.69. The molecule has 0 unspecified atom stereocenters. The molecule has 31 heavy (non-hydrogen) atoms. The number of hydrogen-bond acceptors (Lipinski definition) is 5. The average molecular weight is 421 g/mol. The molecule has 0 aliphatic carbocycles. The van der Waals surface area contributed by atoms with Gasteiger partial charge in [-0.25, -0.2) is 0 Å². The zero-order valence-corrected chi connectivity index (χ0v) is 17.8. The summed E-state index contributed by atoms with van der Waals surface area (Å²) < 4.78 is 12.0. The summed E-state index contributed by atoms with van der Waals surface area (Å²) >= 11 is 0. The van der Waals surface area contributed by atoms with Gasteiger partial charge in [-0.05, 0) is 44.0 Å². The lowest BCUT2D eigenvalue weighted by atomic mass is 9.81. The van der Waals surface area contributed by atoms with Crippen LogP contribution in [0.1, 0.15) is 31.7 Å². The Labute approximate surface area is 182 Å². The van der Waals surface area contributed by atoms with E-state index in [1.54, 1.807) is 4.90 Å². The molecule has 3 heterocycles. The molecule has 6 nitrogen and oxygen atoms in total. The number of carbonyl (C=O) groups excluding carboxylic acids is 2. The van der Waals surface area contributed by atoms with E-state index >= 15 is 0 Å². The summed E-state index contributed by atoms with van der Waals surface area (Å²) in [5.74, 6) is 1.43. The first-order valence-electron chi connectivity index (χ1n) is 11.1. The third-order valence-corrected chi connectivity index (χ3v) is 6.75. The maximum absolute atomic E-state index is 13.4. The number of likely N-dealkylation sites (tertiary alicyclic amines) is 2. The lowest BCUT2D eigenvalue weighted by Crippen LogP contribution is -2.53. The van der Waals surface area contributed by atoms with Gasteiger partial charge in [-0.2, -0.15) is 0 Å². The van der Waals surface area contributed by atoms with Crippen molar-refractivity contribution in [2.75, 3.05) is 26.2 Å². The summed E-state index contributed by atoms with van der Waals surface area (Å²) in [6.07, 6.45) is 1.98. The number of imide groups is 1. The van der Waals surface area contributed by atoms with E-state index in [0.717, 1.165) is 43.0 Å². The monoisotopic (exact) mass is 420 g/mol. The van der Waals surface area contributed by atoms with Crippen LogP contribution in [0, 0.1) is 0 Å². The van der Waals surface area contributed by atoms with Crippen LogP contribution in [0.25, 0.3) is 0 Å². The number of benzene rings is 2. The van der Waals surface area contributed by atoms with E-state index in [-0.39, 0.29) is 30.4 Å². The molecule has 162 valence electrons. The minimum atomic E-state index is -0.773. The average Bonchev–Trinajstić information content (AvgIpc) is 3.03. The zero-order valence-electron chi connectivity index (χ0n) is 17.8. The number of hydrogen-bond donors (Lipinski definition) is 0. The quantitative estimate of drug-likeness (QED) is 0.712. The number of ether oxygens (including phenoxy) is 2. The van der Waals surface area contributed by atoms with Crippen molar-refractivity contribution in [3.05, 3.63) is 60.2 Å². The number of amides is 2. The van der Waals surface area contributed by atoms with Crippen molar-refractivity contribution in [1.82, 2.24) is 9.80 Å². The predicted molar refractivity (Wildman–Crippen MR) is 116 cm³/mol. The largest absolute Gasteiger partial charge is 0.486 e. The van der Waals surface area contributed by atoms with Crippen molar-refractivity contribution in [2.45, 2.75) is 43.7 Å². The Kier molecular flexibility index (Phi) is 5.18. The molecule has 2 fully saturated rings. The normalized spacial score (nSPS) is 28.7. The van der Waals surface area contributed by atoms with Crippen molar-refractivity contribution >= 4 is 11.8 Å². The highest BCUT2D eigenvalue weighted by Gasteiger charge is 2.51. The molecule has 2 aromatic carbocycles. The zero-order chi connectivity index (χ0) is 21.4. The number of piperidine rings is 1. The molecule has 2 amide bonds. The molecule has 2 aromatic rings. The van der Waals surface area contributed by atoms with Gasteiger partial charge in [0.05, 0.1) is 11.5 Å².